The SMILES string of the molecule is CCn1c(SC(C)C(=O)Nc2cccc(Cl)c2Cl)nnc1-c1cccnc1. The van der Waals surface area contributed by atoms with E-state index in [1.165, 1.54) is 11.8 Å². The van der Waals surface area contributed by atoms with Gasteiger partial charge in [-0.05, 0) is 38.1 Å². The monoisotopic (exact) mass is 421 g/mol. The van der Waals surface area contributed by atoms with Crippen molar-refractivity contribution in [3.05, 3.63) is 52.8 Å². The molecule has 0 aliphatic carbocycles. The van der Waals surface area contributed by atoms with Gasteiger partial charge in [-0.2, -0.15) is 0 Å². The van der Waals surface area contributed by atoms with Crippen LogP contribution >= 0.6 is 35.0 Å². The molecule has 0 aliphatic rings. The maximum absolute atomic E-state index is 12.6. The van der Waals surface area contributed by atoms with Gasteiger partial charge in [0.1, 0.15) is 0 Å². The second kappa shape index (κ2) is 8.73. The van der Waals surface area contributed by atoms with Crippen molar-refractivity contribution in [2.24, 2.45) is 0 Å². The van der Waals surface area contributed by atoms with E-state index in [1.54, 1.807) is 37.5 Å². The summed E-state index contributed by atoms with van der Waals surface area (Å²) in [7, 11) is 0. The van der Waals surface area contributed by atoms with Crippen LogP contribution in [0.5, 0.6) is 0 Å². The molecule has 0 saturated carbocycles. The Labute approximate surface area is 171 Å². The smallest absolute Gasteiger partial charge is 0.237 e. The molecular formula is C18H17Cl2N5OS. The van der Waals surface area contributed by atoms with Gasteiger partial charge in [0.25, 0.3) is 0 Å². The molecule has 0 bridgehead atoms. The fourth-order valence-electron chi connectivity index (χ4n) is 2.42. The quantitative estimate of drug-likeness (QED) is 0.579. The van der Waals surface area contributed by atoms with Crippen molar-refractivity contribution in [3.8, 4) is 11.4 Å². The van der Waals surface area contributed by atoms with Crippen LogP contribution in [0.4, 0.5) is 5.69 Å². The largest absolute Gasteiger partial charge is 0.324 e. The molecule has 1 aromatic carbocycles. The Morgan fingerprint density at radius 3 is 2.78 bits per heavy atom. The number of halogens is 2. The second-order valence-corrected chi connectivity index (χ2v) is 7.74. The number of nitrogens with zero attached hydrogens (tertiary/aromatic N) is 4. The highest BCUT2D eigenvalue weighted by Crippen LogP contribution is 2.31. The number of pyridine rings is 1. The highest BCUT2D eigenvalue weighted by atomic mass is 35.5. The van der Waals surface area contributed by atoms with Gasteiger partial charge in [-0.3, -0.25) is 9.78 Å². The molecule has 140 valence electrons. The van der Waals surface area contributed by atoms with Crippen molar-refractivity contribution in [1.82, 2.24) is 19.7 Å². The molecule has 3 aromatic rings. The van der Waals surface area contributed by atoms with E-state index in [4.69, 9.17) is 23.2 Å². The van der Waals surface area contributed by atoms with E-state index in [-0.39, 0.29) is 5.91 Å². The molecule has 6 nitrogen and oxygen atoms in total. The third-order valence-corrected chi connectivity index (χ3v) is 5.71. The summed E-state index contributed by atoms with van der Waals surface area (Å²) in [5.74, 6) is 0.524. The number of hydrogen-bond acceptors (Lipinski definition) is 5. The summed E-state index contributed by atoms with van der Waals surface area (Å²) in [6.07, 6.45) is 3.45. The molecule has 0 fully saturated rings. The molecule has 2 aromatic heterocycles. The van der Waals surface area contributed by atoms with Crippen LogP contribution in [0.2, 0.25) is 10.0 Å². The van der Waals surface area contributed by atoms with E-state index in [1.807, 2.05) is 23.6 Å². The number of rotatable bonds is 6. The van der Waals surface area contributed by atoms with E-state index in [0.29, 0.717) is 27.4 Å². The third-order valence-electron chi connectivity index (χ3n) is 3.81. The zero-order chi connectivity index (χ0) is 19.4. The Morgan fingerprint density at radius 1 is 1.26 bits per heavy atom. The summed E-state index contributed by atoms with van der Waals surface area (Å²) in [5, 5.41) is 12.3. The van der Waals surface area contributed by atoms with E-state index >= 15 is 0 Å². The predicted octanol–water partition coefficient (Wildman–Crippen LogP) is 4.79. The summed E-state index contributed by atoms with van der Waals surface area (Å²) < 4.78 is 1.96. The number of amides is 1. The van der Waals surface area contributed by atoms with Gasteiger partial charge >= 0.3 is 0 Å². The lowest BCUT2D eigenvalue weighted by Gasteiger charge is -2.14. The Bertz CT molecular complexity index is 948. The maximum Gasteiger partial charge on any atom is 0.237 e. The number of aromatic nitrogens is 4. The first-order chi connectivity index (χ1) is 13.0. The number of hydrogen-bond donors (Lipinski definition) is 1. The van der Waals surface area contributed by atoms with Crippen LogP contribution in [0, 0.1) is 0 Å². The summed E-state index contributed by atoms with van der Waals surface area (Å²) in [6.45, 7) is 4.48. The number of carbonyl (C=O) groups is 1. The fraction of sp³-hybridized carbons (Fsp3) is 0.222. The topological polar surface area (TPSA) is 72.7 Å². The van der Waals surface area contributed by atoms with Crippen LogP contribution < -0.4 is 5.32 Å². The van der Waals surface area contributed by atoms with Crippen LogP contribution in [0.1, 0.15) is 13.8 Å². The van der Waals surface area contributed by atoms with Crippen LogP contribution in [0.15, 0.2) is 47.9 Å². The number of thioether (sulfide) groups is 1. The molecule has 9 heteroatoms. The van der Waals surface area contributed by atoms with Crippen LogP contribution in [0.3, 0.4) is 0 Å². The van der Waals surface area contributed by atoms with E-state index < -0.39 is 5.25 Å². The molecule has 0 aliphatic heterocycles. The summed E-state index contributed by atoms with van der Waals surface area (Å²) in [4.78, 5) is 16.7. The van der Waals surface area contributed by atoms with Crippen molar-refractivity contribution in [2.45, 2.75) is 30.8 Å². The molecular weight excluding hydrogens is 405 g/mol. The number of benzene rings is 1. The first-order valence-electron chi connectivity index (χ1n) is 8.26. The normalized spacial score (nSPS) is 12.0. The van der Waals surface area contributed by atoms with Gasteiger partial charge in [-0.15, -0.1) is 10.2 Å². The zero-order valence-corrected chi connectivity index (χ0v) is 17.0. The number of nitrogens with one attached hydrogen (secondary N) is 1. The first kappa shape index (κ1) is 19.7. The highest BCUT2D eigenvalue weighted by Gasteiger charge is 2.21. The predicted molar refractivity (Wildman–Crippen MR) is 109 cm³/mol. The number of anilines is 1. The van der Waals surface area contributed by atoms with Gasteiger partial charge in [-0.1, -0.05) is 41.0 Å². The lowest BCUT2D eigenvalue weighted by molar-refractivity contribution is -0.115. The van der Waals surface area contributed by atoms with Crippen molar-refractivity contribution in [1.29, 1.82) is 0 Å². The minimum absolute atomic E-state index is 0.197. The summed E-state index contributed by atoms with van der Waals surface area (Å²) in [5.41, 5.74) is 1.36. The maximum atomic E-state index is 12.6. The van der Waals surface area contributed by atoms with Gasteiger partial charge in [0.2, 0.25) is 5.91 Å². The van der Waals surface area contributed by atoms with Gasteiger partial charge in [-0.25, -0.2) is 0 Å². The molecule has 0 radical (unpaired) electrons. The average Bonchev–Trinajstić information content (AvgIpc) is 3.08. The summed E-state index contributed by atoms with van der Waals surface area (Å²) in [6, 6.07) is 8.88. The lowest BCUT2D eigenvalue weighted by atomic mass is 10.3. The van der Waals surface area contributed by atoms with Crippen molar-refractivity contribution < 1.29 is 4.79 Å². The van der Waals surface area contributed by atoms with Gasteiger partial charge < -0.3 is 9.88 Å². The van der Waals surface area contributed by atoms with Crippen molar-refractivity contribution >= 4 is 46.6 Å². The Kier molecular flexibility index (Phi) is 6.36. The molecule has 3 rings (SSSR count). The molecule has 1 unspecified atom stereocenters. The van der Waals surface area contributed by atoms with Crippen molar-refractivity contribution in [2.75, 3.05) is 5.32 Å². The third kappa shape index (κ3) is 4.43. The highest BCUT2D eigenvalue weighted by molar-refractivity contribution is 8.00. The van der Waals surface area contributed by atoms with E-state index in [2.05, 4.69) is 20.5 Å². The van der Waals surface area contributed by atoms with Gasteiger partial charge in [0.15, 0.2) is 11.0 Å². The van der Waals surface area contributed by atoms with Gasteiger partial charge in [0, 0.05) is 24.5 Å². The molecule has 1 atom stereocenters. The second-order valence-electron chi connectivity index (χ2n) is 5.64. The minimum atomic E-state index is -0.406. The molecule has 2 heterocycles. The molecule has 1 N–H and O–H groups in total. The molecule has 1 amide bonds. The van der Waals surface area contributed by atoms with E-state index in [0.717, 1.165) is 11.4 Å². The zero-order valence-electron chi connectivity index (χ0n) is 14.7. The van der Waals surface area contributed by atoms with E-state index in [9.17, 15) is 4.79 Å². The van der Waals surface area contributed by atoms with Gasteiger partial charge in [0.05, 0.1) is 21.0 Å². The standard InChI is InChI=1S/C18H17Cl2N5OS/c1-3-25-16(12-6-5-9-21-10-12)23-24-18(25)27-11(2)17(26)22-14-8-4-7-13(19)15(14)20/h4-11H,3H2,1-2H3,(H,22,26). The number of carbonyl (C=O) groups excluding carboxylic acids is 1. The Balaban J connectivity index is 1.76. The molecule has 0 spiro atoms. The van der Waals surface area contributed by atoms with Crippen LogP contribution in [-0.4, -0.2) is 30.9 Å². The first-order valence-corrected chi connectivity index (χ1v) is 9.90. The Hall–Kier alpha value is -2.09. The van der Waals surface area contributed by atoms with Crippen molar-refractivity contribution in [3.63, 3.8) is 0 Å². The fourth-order valence-corrected chi connectivity index (χ4v) is 3.68. The minimum Gasteiger partial charge on any atom is -0.324 e. The molecule has 0 saturated heterocycles. The average molecular weight is 422 g/mol. The lowest BCUT2D eigenvalue weighted by Crippen LogP contribution is -2.23. The van der Waals surface area contributed by atoms with Crippen LogP contribution in [0.25, 0.3) is 11.4 Å². The summed E-state index contributed by atoms with van der Waals surface area (Å²) >= 11 is 13.5. The Morgan fingerprint density at radius 2 is 2.07 bits per heavy atom. The molecule has 27 heavy (non-hydrogen) atoms. The van der Waals surface area contributed by atoms with Crippen LogP contribution in [-0.2, 0) is 11.3 Å².